The summed E-state index contributed by atoms with van der Waals surface area (Å²) in [6.07, 6.45) is 3.02. The van der Waals surface area contributed by atoms with Gasteiger partial charge in [0.2, 0.25) is 0 Å². The first-order valence-electron chi connectivity index (χ1n) is 12.2. The minimum atomic E-state index is -0.877. The smallest absolute Gasteiger partial charge is 0.335 e. The lowest BCUT2D eigenvalue weighted by molar-refractivity contribution is 0.0697. The molecular weight excluding hydrogens is 470 g/mol. The molecule has 1 aromatic heterocycles. The van der Waals surface area contributed by atoms with Gasteiger partial charge in [0, 0.05) is 55.4 Å². The highest BCUT2D eigenvalue weighted by Gasteiger charge is 2.42. The summed E-state index contributed by atoms with van der Waals surface area (Å²) in [5.41, 5.74) is 3.91. The fourth-order valence-corrected chi connectivity index (χ4v) is 5.92. The Hall–Kier alpha value is -3.52. The highest BCUT2D eigenvalue weighted by molar-refractivity contribution is 7.13. The van der Waals surface area contributed by atoms with Gasteiger partial charge in [-0.25, -0.2) is 9.78 Å². The second-order valence-corrected chi connectivity index (χ2v) is 10.4. The van der Waals surface area contributed by atoms with Crippen LogP contribution < -0.4 is 4.74 Å². The maximum Gasteiger partial charge on any atom is 0.335 e. The summed E-state index contributed by atoms with van der Waals surface area (Å²) in [5, 5.41) is 12.1. The zero-order valence-electron chi connectivity index (χ0n) is 19.8. The molecule has 6 rings (SSSR count). The molecule has 0 aliphatic carbocycles. The number of rotatable bonds is 8. The predicted molar refractivity (Wildman–Crippen MR) is 140 cm³/mol. The number of benzene rings is 3. The van der Waals surface area contributed by atoms with E-state index < -0.39 is 5.97 Å². The number of hydrogen-bond acceptors (Lipinski definition) is 6. The zero-order valence-corrected chi connectivity index (χ0v) is 20.6. The van der Waals surface area contributed by atoms with Gasteiger partial charge < -0.3 is 9.84 Å². The number of thiazole rings is 1. The van der Waals surface area contributed by atoms with E-state index in [1.54, 1.807) is 23.5 Å². The van der Waals surface area contributed by atoms with Crippen LogP contribution in [0.15, 0.2) is 84.4 Å². The largest absolute Gasteiger partial charge is 0.478 e. The van der Waals surface area contributed by atoms with Gasteiger partial charge in [-0.05, 0) is 66.1 Å². The molecule has 36 heavy (non-hydrogen) atoms. The van der Waals surface area contributed by atoms with Crippen LogP contribution in [0.4, 0.5) is 0 Å². The molecule has 4 aromatic rings. The number of piperazine rings is 1. The average Bonchev–Trinajstić information content (AvgIpc) is 3.65. The minimum absolute atomic E-state index is 0.342. The molecule has 2 fully saturated rings. The van der Waals surface area contributed by atoms with Gasteiger partial charge in [-0.15, -0.1) is 11.3 Å². The topological polar surface area (TPSA) is 65.9 Å². The fourth-order valence-electron chi connectivity index (χ4n) is 5.27. The molecule has 0 radical (unpaired) electrons. The van der Waals surface area contributed by atoms with Gasteiger partial charge in [-0.1, -0.05) is 24.3 Å². The Morgan fingerprint density at radius 1 is 0.861 bits per heavy atom. The van der Waals surface area contributed by atoms with Gasteiger partial charge in [0.15, 0.2) is 0 Å². The van der Waals surface area contributed by atoms with Gasteiger partial charge in [0.25, 0.3) is 0 Å². The number of carboxylic acids is 1. The Bertz CT molecular complexity index is 1320. The molecule has 2 aliphatic heterocycles. The summed E-state index contributed by atoms with van der Waals surface area (Å²) >= 11 is 1.63. The van der Waals surface area contributed by atoms with Crippen LogP contribution in [0.2, 0.25) is 0 Å². The number of nitrogens with zero attached hydrogens (tertiary/aromatic N) is 3. The van der Waals surface area contributed by atoms with Crippen LogP contribution in [0.1, 0.15) is 27.9 Å². The number of hydrogen-bond donors (Lipinski definition) is 1. The van der Waals surface area contributed by atoms with E-state index >= 15 is 0 Å². The Balaban J connectivity index is 1.01. The highest BCUT2D eigenvalue weighted by atomic mass is 32.1. The minimum Gasteiger partial charge on any atom is -0.478 e. The average molecular weight is 498 g/mol. The summed E-state index contributed by atoms with van der Waals surface area (Å²) in [7, 11) is 0. The Morgan fingerprint density at radius 2 is 1.42 bits per heavy atom. The fraction of sp³-hybridized carbons (Fsp3) is 0.241. The lowest BCUT2D eigenvalue weighted by Crippen LogP contribution is -2.45. The number of fused-ring (bicyclic) bond motifs is 2. The molecule has 2 saturated heterocycles. The summed E-state index contributed by atoms with van der Waals surface area (Å²) in [4.78, 5) is 20.5. The third-order valence-electron chi connectivity index (χ3n) is 7.13. The van der Waals surface area contributed by atoms with E-state index in [1.165, 1.54) is 17.5 Å². The molecule has 3 heterocycles. The molecule has 0 spiro atoms. The van der Waals surface area contributed by atoms with Crippen LogP contribution >= 0.6 is 11.3 Å². The molecule has 2 atom stereocenters. The van der Waals surface area contributed by atoms with E-state index in [0.29, 0.717) is 17.6 Å². The molecule has 7 heteroatoms. The zero-order chi connectivity index (χ0) is 24.5. The summed E-state index contributed by atoms with van der Waals surface area (Å²) < 4.78 is 6.05. The van der Waals surface area contributed by atoms with Crippen LogP contribution in [-0.2, 0) is 13.1 Å². The maximum absolute atomic E-state index is 11.1. The number of aromatic carboxylic acids is 1. The predicted octanol–water partition coefficient (Wildman–Crippen LogP) is 5.76. The summed E-state index contributed by atoms with van der Waals surface area (Å²) in [6.45, 7) is 3.96. The first-order valence-corrected chi connectivity index (χ1v) is 13.1. The lowest BCUT2D eigenvalue weighted by Gasteiger charge is -2.34. The second kappa shape index (κ2) is 9.85. The Kier molecular flexibility index (Phi) is 6.27. The SMILES string of the molecule is O=C(O)c1ccc(CN2C[C@@H]3C[C@@H]2CN3Cc2ccc(Oc3ccc(-c4nccs4)cc3)cc2)cc1. The van der Waals surface area contributed by atoms with E-state index in [1.807, 2.05) is 60.1 Å². The number of carbonyl (C=O) groups is 1. The van der Waals surface area contributed by atoms with Crippen LogP contribution in [0.25, 0.3) is 10.6 Å². The molecule has 182 valence electrons. The Labute approximate surface area is 214 Å². The number of ether oxygens (including phenoxy) is 1. The third-order valence-corrected chi connectivity index (χ3v) is 7.95. The van der Waals surface area contributed by atoms with Crippen molar-refractivity contribution in [1.29, 1.82) is 0 Å². The molecule has 0 unspecified atom stereocenters. The van der Waals surface area contributed by atoms with Crippen LogP contribution in [0.3, 0.4) is 0 Å². The van der Waals surface area contributed by atoms with Crippen molar-refractivity contribution in [2.24, 2.45) is 0 Å². The molecule has 6 nitrogen and oxygen atoms in total. The number of carboxylic acid groups (broad SMARTS) is 1. The van der Waals surface area contributed by atoms with Gasteiger partial charge in [-0.2, -0.15) is 0 Å². The molecule has 2 bridgehead atoms. The maximum atomic E-state index is 11.1. The molecular formula is C29H27N3O3S. The normalized spacial score (nSPS) is 19.6. The van der Waals surface area contributed by atoms with Gasteiger partial charge in [0.1, 0.15) is 16.5 Å². The second-order valence-electron chi connectivity index (χ2n) is 9.51. The highest BCUT2D eigenvalue weighted by Crippen LogP contribution is 2.33. The molecule has 3 aromatic carbocycles. The quantitative estimate of drug-likeness (QED) is 0.334. The summed E-state index contributed by atoms with van der Waals surface area (Å²) in [5.74, 6) is 0.777. The van der Waals surface area contributed by atoms with Crippen molar-refractivity contribution < 1.29 is 14.6 Å². The number of likely N-dealkylation sites (tertiary alicyclic amines) is 2. The molecule has 0 amide bonds. The van der Waals surface area contributed by atoms with Crippen molar-refractivity contribution in [3.05, 3.63) is 101 Å². The van der Waals surface area contributed by atoms with Crippen molar-refractivity contribution in [3.63, 3.8) is 0 Å². The number of aromatic nitrogens is 1. The van der Waals surface area contributed by atoms with Gasteiger partial charge in [0.05, 0.1) is 5.56 Å². The first-order chi connectivity index (χ1) is 17.6. The van der Waals surface area contributed by atoms with Crippen LogP contribution in [0.5, 0.6) is 11.5 Å². The van der Waals surface area contributed by atoms with Crippen molar-refractivity contribution in [1.82, 2.24) is 14.8 Å². The summed E-state index contributed by atoms with van der Waals surface area (Å²) in [6, 6.07) is 24.9. The molecule has 2 aliphatic rings. The molecule has 1 N–H and O–H groups in total. The van der Waals surface area contributed by atoms with E-state index in [4.69, 9.17) is 9.84 Å². The van der Waals surface area contributed by atoms with Crippen molar-refractivity contribution >= 4 is 17.3 Å². The van der Waals surface area contributed by atoms with Crippen molar-refractivity contribution in [2.75, 3.05) is 13.1 Å². The molecule has 0 saturated carbocycles. The van der Waals surface area contributed by atoms with Crippen LogP contribution in [0, 0.1) is 0 Å². The monoisotopic (exact) mass is 497 g/mol. The van der Waals surface area contributed by atoms with Crippen molar-refractivity contribution in [2.45, 2.75) is 31.6 Å². The third kappa shape index (κ3) is 4.91. The van der Waals surface area contributed by atoms with Crippen molar-refractivity contribution in [3.8, 4) is 22.1 Å². The van der Waals surface area contributed by atoms with E-state index in [9.17, 15) is 4.79 Å². The van der Waals surface area contributed by atoms with E-state index in [2.05, 4.69) is 26.9 Å². The van der Waals surface area contributed by atoms with Crippen LogP contribution in [-0.4, -0.2) is 51.0 Å². The lowest BCUT2D eigenvalue weighted by atomic mass is 10.1. The van der Waals surface area contributed by atoms with E-state index in [-0.39, 0.29) is 0 Å². The van der Waals surface area contributed by atoms with E-state index in [0.717, 1.165) is 48.2 Å². The standard InChI is InChI=1S/C29H27N3O3S/c33-29(34)23-5-1-20(2-6-23)16-31-18-25-15-24(31)19-32(25)17-21-3-9-26(10-4-21)35-27-11-7-22(8-12-27)28-30-13-14-36-28/h1-14,24-25H,15-19H2,(H,33,34)/t24-,25+/m1/s1. The Morgan fingerprint density at radius 3 is 1.92 bits per heavy atom. The van der Waals surface area contributed by atoms with Gasteiger partial charge >= 0.3 is 5.97 Å². The first kappa shape index (κ1) is 22.9. The van der Waals surface area contributed by atoms with Gasteiger partial charge in [-0.3, -0.25) is 9.80 Å².